The van der Waals surface area contributed by atoms with Crippen molar-refractivity contribution >= 4 is 29.8 Å². The number of carbonyl (C=O) groups is 5. The number of ether oxygens (including phenoxy) is 4. The minimum absolute atomic E-state index is 0.265. The van der Waals surface area contributed by atoms with E-state index in [1.54, 1.807) is 6.08 Å². The molecule has 0 aromatic rings. The topological polar surface area (TPSA) is 142 Å². The maximum atomic E-state index is 12.6. The first-order valence-electron chi connectivity index (χ1n) is 9.61. The van der Waals surface area contributed by atoms with Gasteiger partial charge in [-0.05, 0) is 12.8 Å². The first kappa shape index (κ1) is 26.3. The molecule has 1 aliphatic rings. The molecule has 1 rings (SSSR count). The number of carboxylic acid groups (broad SMARTS) is 1. The van der Waals surface area contributed by atoms with Gasteiger partial charge >= 0.3 is 29.8 Å². The van der Waals surface area contributed by atoms with Crippen LogP contribution in [-0.2, 0) is 42.9 Å². The Kier molecular flexibility index (Phi) is 10.6. The van der Waals surface area contributed by atoms with E-state index in [0.717, 1.165) is 18.2 Å². The Morgan fingerprint density at radius 2 is 1.28 bits per heavy atom. The highest BCUT2D eigenvalue weighted by Crippen LogP contribution is 2.28. The van der Waals surface area contributed by atoms with E-state index in [-0.39, 0.29) is 6.42 Å². The van der Waals surface area contributed by atoms with Gasteiger partial charge in [0.25, 0.3) is 0 Å². The maximum Gasteiger partial charge on any atom is 0.330 e. The third-order valence-corrected chi connectivity index (χ3v) is 4.59. The first-order chi connectivity index (χ1) is 15.2. The van der Waals surface area contributed by atoms with E-state index in [1.807, 2.05) is 0 Å². The Labute approximate surface area is 185 Å². The van der Waals surface area contributed by atoms with Crippen LogP contribution in [0.1, 0.15) is 12.8 Å². The lowest BCUT2D eigenvalue weighted by Crippen LogP contribution is -2.44. The van der Waals surface area contributed by atoms with Crippen molar-refractivity contribution in [2.24, 2.45) is 17.3 Å². The number of hydrogen-bond acceptors (Lipinski definition) is 9. The molecule has 0 spiro atoms. The van der Waals surface area contributed by atoms with Gasteiger partial charge in [0.2, 0.25) is 0 Å². The Morgan fingerprint density at radius 3 is 1.69 bits per heavy atom. The van der Waals surface area contributed by atoms with E-state index in [9.17, 15) is 29.1 Å². The fourth-order valence-corrected chi connectivity index (χ4v) is 2.77. The molecular formula is C22H26O10. The molecule has 0 aromatic carbocycles. The van der Waals surface area contributed by atoms with Gasteiger partial charge in [-0.3, -0.25) is 9.59 Å². The smallest absolute Gasteiger partial charge is 0.330 e. The van der Waals surface area contributed by atoms with E-state index in [2.05, 4.69) is 19.7 Å². The van der Waals surface area contributed by atoms with Crippen molar-refractivity contribution < 1.29 is 48.0 Å². The molecule has 0 saturated carbocycles. The SMILES string of the molecule is C=CC(=O)OCC(COC(=O)C=C)(COC(=O)C=C)COC(=O)C1C=CCCC1C(=O)O. The summed E-state index contributed by atoms with van der Waals surface area (Å²) in [6, 6.07) is 0. The number of allylic oxidation sites excluding steroid dienone is 1. The van der Waals surface area contributed by atoms with E-state index < -0.39 is 73.5 Å². The van der Waals surface area contributed by atoms with Gasteiger partial charge in [-0.25, -0.2) is 14.4 Å². The van der Waals surface area contributed by atoms with Crippen LogP contribution in [0.15, 0.2) is 50.1 Å². The van der Waals surface area contributed by atoms with Gasteiger partial charge in [0.1, 0.15) is 31.8 Å². The molecule has 0 bridgehead atoms. The average molecular weight is 450 g/mol. The Bertz CT molecular complexity index is 735. The Morgan fingerprint density at radius 1 is 0.844 bits per heavy atom. The van der Waals surface area contributed by atoms with Gasteiger partial charge in [0, 0.05) is 18.2 Å². The molecule has 0 aliphatic heterocycles. The van der Waals surface area contributed by atoms with Crippen molar-refractivity contribution in [2.75, 3.05) is 26.4 Å². The number of hydrogen-bond donors (Lipinski definition) is 1. The molecular weight excluding hydrogens is 424 g/mol. The highest BCUT2D eigenvalue weighted by molar-refractivity contribution is 5.83. The molecule has 0 fully saturated rings. The summed E-state index contributed by atoms with van der Waals surface area (Å²) >= 11 is 0. The van der Waals surface area contributed by atoms with E-state index in [0.29, 0.717) is 6.42 Å². The quantitative estimate of drug-likeness (QED) is 0.189. The second kappa shape index (κ2) is 12.9. The molecule has 2 unspecified atom stereocenters. The van der Waals surface area contributed by atoms with Crippen LogP contribution >= 0.6 is 0 Å². The second-order valence-electron chi connectivity index (χ2n) is 7.02. The molecule has 0 radical (unpaired) electrons. The lowest BCUT2D eigenvalue weighted by molar-refractivity contribution is -0.170. The van der Waals surface area contributed by atoms with Crippen molar-refractivity contribution in [3.8, 4) is 0 Å². The van der Waals surface area contributed by atoms with Gasteiger partial charge in [-0.1, -0.05) is 31.9 Å². The van der Waals surface area contributed by atoms with E-state index in [1.165, 1.54) is 6.08 Å². The summed E-state index contributed by atoms with van der Waals surface area (Å²) in [4.78, 5) is 58.8. The molecule has 32 heavy (non-hydrogen) atoms. The van der Waals surface area contributed by atoms with Crippen LogP contribution in [0.4, 0.5) is 0 Å². The summed E-state index contributed by atoms with van der Waals surface area (Å²) in [5.41, 5.74) is -1.48. The van der Waals surface area contributed by atoms with E-state index in [4.69, 9.17) is 18.9 Å². The number of carbonyl (C=O) groups excluding carboxylic acids is 4. The van der Waals surface area contributed by atoms with E-state index >= 15 is 0 Å². The molecule has 2 atom stereocenters. The molecule has 1 N–H and O–H groups in total. The van der Waals surface area contributed by atoms with Gasteiger partial charge in [-0.2, -0.15) is 0 Å². The van der Waals surface area contributed by atoms with Crippen molar-refractivity contribution in [1.82, 2.24) is 0 Å². The third-order valence-electron chi connectivity index (χ3n) is 4.59. The van der Waals surface area contributed by atoms with Gasteiger partial charge in [0.15, 0.2) is 0 Å². The number of rotatable bonds is 13. The predicted molar refractivity (Wildman–Crippen MR) is 110 cm³/mol. The lowest BCUT2D eigenvalue weighted by Gasteiger charge is -2.32. The summed E-state index contributed by atoms with van der Waals surface area (Å²) in [5, 5.41) is 9.36. The number of carboxylic acids is 1. The molecule has 174 valence electrons. The molecule has 0 aromatic heterocycles. The zero-order valence-electron chi connectivity index (χ0n) is 17.5. The highest BCUT2D eigenvalue weighted by atomic mass is 16.6. The maximum absolute atomic E-state index is 12.6. The Hall–Kier alpha value is -3.69. The normalized spacial score (nSPS) is 17.4. The summed E-state index contributed by atoms with van der Waals surface area (Å²) in [6.07, 6.45) is 6.60. The molecule has 0 saturated heterocycles. The molecule has 0 amide bonds. The second-order valence-corrected chi connectivity index (χ2v) is 7.02. The predicted octanol–water partition coefficient (Wildman–Crippen LogP) is 1.37. The first-order valence-corrected chi connectivity index (χ1v) is 9.61. The zero-order chi connectivity index (χ0) is 24.1. The summed E-state index contributed by atoms with van der Waals surface area (Å²) in [6.45, 7) is 7.91. The average Bonchev–Trinajstić information content (AvgIpc) is 2.81. The molecule has 0 heterocycles. The summed E-state index contributed by atoms with van der Waals surface area (Å²) < 4.78 is 20.4. The van der Waals surface area contributed by atoms with Crippen LogP contribution in [-0.4, -0.2) is 61.4 Å². The van der Waals surface area contributed by atoms with Crippen LogP contribution in [0.25, 0.3) is 0 Å². The lowest BCUT2D eigenvalue weighted by atomic mass is 9.84. The minimum Gasteiger partial charge on any atom is -0.481 e. The fourth-order valence-electron chi connectivity index (χ4n) is 2.77. The standard InChI is InChI=1S/C22H26O10/c1-4-17(23)29-11-22(12-30-18(24)5-2,13-31-19(25)6-3)14-32-21(28)16-10-8-7-9-15(16)20(26)27/h4-6,8,10,15-16H,1-3,7,9,11-14H2,(H,26,27). The molecule has 10 heteroatoms. The molecule has 1 aliphatic carbocycles. The number of aliphatic carboxylic acids is 1. The van der Waals surface area contributed by atoms with Crippen molar-refractivity contribution in [3.63, 3.8) is 0 Å². The van der Waals surface area contributed by atoms with Gasteiger partial charge < -0.3 is 24.1 Å². The number of esters is 4. The van der Waals surface area contributed by atoms with Gasteiger partial charge in [-0.15, -0.1) is 0 Å². The van der Waals surface area contributed by atoms with Crippen molar-refractivity contribution in [3.05, 3.63) is 50.1 Å². The van der Waals surface area contributed by atoms with Crippen LogP contribution in [0.5, 0.6) is 0 Å². The van der Waals surface area contributed by atoms with Crippen LogP contribution in [0.3, 0.4) is 0 Å². The third kappa shape index (κ3) is 8.21. The van der Waals surface area contributed by atoms with Crippen LogP contribution in [0.2, 0.25) is 0 Å². The monoisotopic (exact) mass is 450 g/mol. The fraction of sp³-hybridized carbons (Fsp3) is 0.409. The van der Waals surface area contributed by atoms with Crippen molar-refractivity contribution in [1.29, 1.82) is 0 Å². The van der Waals surface area contributed by atoms with Crippen LogP contribution in [0, 0.1) is 17.3 Å². The highest BCUT2D eigenvalue weighted by Gasteiger charge is 2.40. The minimum atomic E-state index is -1.48. The molecule has 10 nitrogen and oxygen atoms in total. The van der Waals surface area contributed by atoms with Crippen LogP contribution < -0.4 is 0 Å². The summed E-state index contributed by atoms with van der Waals surface area (Å²) in [5.74, 6) is -6.40. The Balaban J connectivity index is 3.09. The van der Waals surface area contributed by atoms with Crippen molar-refractivity contribution in [2.45, 2.75) is 12.8 Å². The van der Waals surface area contributed by atoms with Gasteiger partial charge in [0.05, 0.1) is 11.8 Å². The largest absolute Gasteiger partial charge is 0.481 e. The summed E-state index contributed by atoms with van der Waals surface area (Å²) in [7, 11) is 0. The zero-order valence-corrected chi connectivity index (χ0v) is 17.5.